The Morgan fingerprint density at radius 1 is 1.00 bits per heavy atom. The van der Waals surface area contributed by atoms with Crippen LogP contribution in [0.4, 0.5) is 0 Å². The van der Waals surface area contributed by atoms with E-state index in [1.807, 2.05) is 6.07 Å². The molecule has 0 spiro atoms. The van der Waals surface area contributed by atoms with Crippen LogP contribution in [-0.2, 0) is 19.1 Å². The Morgan fingerprint density at radius 3 is 2.25 bits per heavy atom. The number of carbonyl (C=O) groups is 2. The highest BCUT2D eigenvalue weighted by Gasteiger charge is 2.64. The van der Waals surface area contributed by atoms with Crippen LogP contribution in [-0.4, -0.2) is 25.2 Å². The molecule has 4 rings (SSSR count). The Bertz CT molecular complexity index is 776. The third-order valence-electron chi connectivity index (χ3n) is 7.20. The maximum absolute atomic E-state index is 13.0. The first kappa shape index (κ1) is 19.2. The summed E-state index contributed by atoms with van der Waals surface area (Å²) in [6.07, 6.45) is 3.36. The van der Waals surface area contributed by atoms with E-state index in [9.17, 15) is 9.59 Å². The predicted octanol–water partition coefficient (Wildman–Crippen LogP) is 4.65. The van der Waals surface area contributed by atoms with Gasteiger partial charge in [0.15, 0.2) is 5.41 Å². The third-order valence-corrected chi connectivity index (χ3v) is 7.20. The molecule has 0 saturated heterocycles. The third kappa shape index (κ3) is 2.80. The van der Waals surface area contributed by atoms with Crippen LogP contribution < -0.4 is 0 Å². The van der Waals surface area contributed by atoms with Gasteiger partial charge in [0.1, 0.15) is 0 Å². The molecule has 3 aliphatic carbocycles. The maximum atomic E-state index is 13.0. The minimum atomic E-state index is -1.16. The lowest BCUT2D eigenvalue weighted by Crippen LogP contribution is -2.41. The van der Waals surface area contributed by atoms with Gasteiger partial charge in [-0.2, -0.15) is 0 Å². The van der Waals surface area contributed by atoms with Gasteiger partial charge >= 0.3 is 11.9 Å². The first-order valence-corrected chi connectivity index (χ1v) is 10.6. The highest BCUT2D eigenvalue weighted by Crippen LogP contribution is 2.66. The molecule has 4 nitrogen and oxygen atoms in total. The number of hydrogen-bond acceptors (Lipinski definition) is 4. The van der Waals surface area contributed by atoms with E-state index in [1.54, 1.807) is 13.8 Å². The Labute approximate surface area is 167 Å². The second-order valence-corrected chi connectivity index (χ2v) is 8.52. The minimum Gasteiger partial charge on any atom is -0.465 e. The highest BCUT2D eigenvalue weighted by atomic mass is 16.6. The van der Waals surface area contributed by atoms with Gasteiger partial charge in [0.25, 0.3) is 0 Å². The van der Waals surface area contributed by atoms with Gasteiger partial charge in [0.2, 0.25) is 0 Å². The number of rotatable bonds is 5. The van der Waals surface area contributed by atoms with Gasteiger partial charge in [-0.15, -0.1) is 0 Å². The summed E-state index contributed by atoms with van der Waals surface area (Å²) >= 11 is 0. The van der Waals surface area contributed by atoms with Crippen molar-refractivity contribution in [3.05, 3.63) is 47.0 Å². The van der Waals surface area contributed by atoms with Gasteiger partial charge in [-0.25, -0.2) is 0 Å². The lowest BCUT2D eigenvalue weighted by Gasteiger charge is -2.29. The summed E-state index contributed by atoms with van der Waals surface area (Å²) in [5.74, 6) is 0.659. The molecule has 0 amide bonds. The van der Waals surface area contributed by atoms with Crippen molar-refractivity contribution in [2.24, 2.45) is 23.2 Å². The van der Waals surface area contributed by atoms with Crippen molar-refractivity contribution in [1.82, 2.24) is 0 Å². The van der Waals surface area contributed by atoms with E-state index in [-0.39, 0.29) is 25.0 Å². The van der Waals surface area contributed by atoms with Gasteiger partial charge in [-0.1, -0.05) is 41.5 Å². The van der Waals surface area contributed by atoms with Crippen LogP contribution in [0.25, 0.3) is 0 Å². The van der Waals surface area contributed by atoms with Crippen LogP contribution in [0, 0.1) is 23.2 Å². The fourth-order valence-corrected chi connectivity index (χ4v) is 6.23. The fourth-order valence-electron chi connectivity index (χ4n) is 6.23. The standard InChI is InChI=1S/C24H30O4/c1-4-27-22(25)24(23(26)28-5-2)13-18-19(14-24)21(16-9-7-6-8-10-16)17-12-11-15(3)20(17)18/h6-10,17-19,21H,4-5,11-14H2,1-3H3/t17-,18+,19-,21-/m1/s1. The van der Waals surface area contributed by atoms with Crippen LogP contribution >= 0.6 is 0 Å². The zero-order chi connectivity index (χ0) is 19.9. The van der Waals surface area contributed by atoms with E-state index in [0.717, 1.165) is 6.42 Å². The van der Waals surface area contributed by atoms with Crippen molar-refractivity contribution < 1.29 is 19.1 Å². The smallest absolute Gasteiger partial charge is 0.323 e. The molecule has 2 fully saturated rings. The normalized spacial score (nSPS) is 30.1. The molecule has 0 N–H and O–H groups in total. The van der Waals surface area contributed by atoms with Crippen LogP contribution in [0.2, 0.25) is 0 Å². The van der Waals surface area contributed by atoms with Crippen LogP contribution in [0.1, 0.15) is 57.9 Å². The quantitative estimate of drug-likeness (QED) is 0.423. The van der Waals surface area contributed by atoms with E-state index in [0.29, 0.717) is 24.7 Å². The summed E-state index contributed by atoms with van der Waals surface area (Å²) in [5.41, 5.74) is 3.14. The summed E-state index contributed by atoms with van der Waals surface area (Å²) in [6.45, 7) is 6.37. The Morgan fingerprint density at radius 2 is 1.64 bits per heavy atom. The van der Waals surface area contributed by atoms with E-state index in [1.165, 1.54) is 23.1 Å². The second kappa shape index (κ2) is 7.38. The molecular weight excluding hydrogens is 352 g/mol. The highest BCUT2D eigenvalue weighted by molar-refractivity contribution is 6.00. The number of carbonyl (C=O) groups excluding carboxylic acids is 2. The van der Waals surface area contributed by atoms with Gasteiger partial charge in [-0.05, 0) is 75.7 Å². The molecule has 0 radical (unpaired) electrons. The molecule has 1 aromatic carbocycles. The Hall–Kier alpha value is -2.10. The summed E-state index contributed by atoms with van der Waals surface area (Å²) in [5, 5.41) is 0. The van der Waals surface area contributed by atoms with E-state index < -0.39 is 17.4 Å². The number of benzene rings is 1. The molecular formula is C24H30O4. The molecule has 2 saturated carbocycles. The van der Waals surface area contributed by atoms with Gasteiger partial charge < -0.3 is 9.47 Å². The Balaban J connectivity index is 1.76. The molecule has 0 aromatic heterocycles. The van der Waals surface area contributed by atoms with Crippen LogP contribution in [0.3, 0.4) is 0 Å². The van der Waals surface area contributed by atoms with Crippen molar-refractivity contribution in [3.63, 3.8) is 0 Å². The molecule has 4 heteroatoms. The summed E-state index contributed by atoms with van der Waals surface area (Å²) < 4.78 is 10.8. The second-order valence-electron chi connectivity index (χ2n) is 8.52. The first-order chi connectivity index (χ1) is 13.5. The molecule has 28 heavy (non-hydrogen) atoms. The lowest BCUT2D eigenvalue weighted by atomic mass is 9.76. The number of hydrogen-bond donors (Lipinski definition) is 0. The molecule has 3 aliphatic rings. The fraction of sp³-hybridized carbons (Fsp3) is 0.583. The van der Waals surface area contributed by atoms with Gasteiger partial charge in [0.05, 0.1) is 13.2 Å². The molecule has 150 valence electrons. The minimum absolute atomic E-state index is 0.270. The van der Waals surface area contributed by atoms with Crippen molar-refractivity contribution in [2.75, 3.05) is 13.2 Å². The summed E-state index contributed by atoms with van der Waals surface area (Å²) in [7, 11) is 0. The van der Waals surface area contributed by atoms with E-state index in [2.05, 4.69) is 31.2 Å². The zero-order valence-electron chi connectivity index (χ0n) is 17.1. The molecule has 0 unspecified atom stereocenters. The number of fused-ring (bicyclic) bond motifs is 3. The van der Waals surface area contributed by atoms with Crippen molar-refractivity contribution in [3.8, 4) is 0 Å². The zero-order valence-corrected chi connectivity index (χ0v) is 17.1. The van der Waals surface area contributed by atoms with Gasteiger partial charge in [-0.3, -0.25) is 9.59 Å². The maximum Gasteiger partial charge on any atom is 0.323 e. The van der Waals surface area contributed by atoms with E-state index >= 15 is 0 Å². The Kier molecular flexibility index (Phi) is 5.07. The molecule has 0 bridgehead atoms. The van der Waals surface area contributed by atoms with Crippen LogP contribution in [0.5, 0.6) is 0 Å². The number of ether oxygens (including phenoxy) is 2. The molecule has 0 aliphatic heterocycles. The predicted molar refractivity (Wildman–Crippen MR) is 107 cm³/mol. The average molecular weight is 383 g/mol. The van der Waals surface area contributed by atoms with Crippen molar-refractivity contribution in [2.45, 2.75) is 52.4 Å². The SMILES string of the molecule is CCOC(=O)C1(C(=O)OCC)C[C@H]2[C@H](c3ccccc3)[C@@H]3CCC(C)=C3[C@H]2C1. The molecule has 4 atom stereocenters. The first-order valence-electron chi connectivity index (χ1n) is 10.6. The van der Waals surface area contributed by atoms with Crippen LogP contribution in [0.15, 0.2) is 41.5 Å². The lowest BCUT2D eigenvalue weighted by molar-refractivity contribution is -0.172. The molecule has 0 heterocycles. The number of allylic oxidation sites excluding steroid dienone is 2. The number of esters is 2. The largest absolute Gasteiger partial charge is 0.465 e. The molecule has 1 aromatic rings. The van der Waals surface area contributed by atoms with E-state index in [4.69, 9.17) is 9.47 Å². The summed E-state index contributed by atoms with van der Waals surface area (Å²) in [4.78, 5) is 26.0. The topological polar surface area (TPSA) is 52.6 Å². The average Bonchev–Trinajstić information content (AvgIpc) is 3.33. The van der Waals surface area contributed by atoms with Crippen molar-refractivity contribution >= 4 is 11.9 Å². The van der Waals surface area contributed by atoms with Gasteiger partial charge in [0, 0.05) is 0 Å². The monoisotopic (exact) mass is 382 g/mol. The summed E-state index contributed by atoms with van der Waals surface area (Å²) in [6, 6.07) is 10.6. The van der Waals surface area contributed by atoms with Crippen molar-refractivity contribution in [1.29, 1.82) is 0 Å².